The molecule has 4 heteroatoms. The van der Waals surface area contributed by atoms with Gasteiger partial charge in [0.2, 0.25) is 5.89 Å². The molecule has 0 bridgehead atoms. The molecule has 0 aliphatic heterocycles. The molecule has 78 valence electrons. The average molecular weight is 195 g/mol. The minimum absolute atomic E-state index is 0.687. The van der Waals surface area contributed by atoms with Crippen LogP contribution in [-0.2, 0) is 12.8 Å². The molecule has 0 amide bonds. The highest BCUT2D eigenvalue weighted by molar-refractivity contribution is 4.89. The number of hydrogen-bond donors (Lipinski definition) is 1. The predicted molar refractivity (Wildman–Crippen MR) is 52.7 cm³/mol. The van der Waals surface area contributed by atoms with E-state index in [1.807, 2.05) is 0 Å². The van der Waals surface area contributed by atoms with Crippen molar-refractivity contribution in [3.05, 3.63) is 11.7 Å². The first-order valence-electron chi connectivity index (χ1n) is 5.40. The second-order valence-corrected chi connectivity index (χ2v) is 4.00. The fourth-order valence-electron chi connectivity index (χ4n) is 1.68. The molecule has 1 aromatic rings. The van der Waals surface area contributed by atoms with Gasteiger partial charge in [-0.2, -0.15) is 4.98 Å². The van der Waals surface area contributed by atoms with Crippen molar-refractivity contribution in [2.24, 2.45) is 11.7 Å². The van der Waals surface area contributed by atoms with Gasteiger partial charge in [-0.05, 0) is 31.7 Å². The Hall–Kier alpha value is -0.900. The lowest BCUT2D eigenvalue weighted by Gasteiger charge is -2.23. The maximum absolute atomic E-state index is 5.41. The normalized spacial score (nSPS) is 16.9. The van der Waals surface area contributed by atoms with Gasteiger partial charge in [-0.25, -0.2) is 0 Å². The molecule has 0 atom stereocenters. The topological polar surface area (TPSA) is 64.9 Å². The van der Waals surface area contributed by atoms with Gasteiger partial charge in [-0.3, -0.25) is 0 Å². The van der Waals surface area contributed by atoms with E-state index in [1.54, 1.807) is 0 Å². The summed E-state index contributed by atoms with van der Waals surface area (Å²) in [4.78, 5) is 4.34. The van der Waals surface area contributed by atoms with Crippen LogP contribution in [0.1, 0.15) is 37.4 Å². The van der Waals surface area contributed by atoms with Crippen LogP contribution in [0.4, 0.5) is 0 Å². The standard InChI is InChI=1S/C10H17N3O/c11-6-2-5-9-12-10(14-13-9)7-8-3-1-4-8/h8H,1-7,11H2. The van der Waals surface area contributed by atoms with E-state index in [-0.39, 0.29) is 0 Å². The maximum Gasteiger partial charge on any atom is 0.226 e. The zero-order valence-corrected chi connectivity index (χ0v) is 8.41. The third-order valence-corrected chi connectivity index (χ3v) is 2.80. The van der Waals surface area contributed by atoms with Gasteiger partial charge in [0.15, 0.2) is 5.82 Å². The van der Waals surface area contributed by atoms with E-state index in [1.165, 1.54) is 19.3 Å². The van der Waals surface area contributed by atoms with E-state index in [0.717, 1.165) is 36.9 Å². The van der Waals surface area contributed by atoms with Crippen molar-refractivity contribution in [2.75, 3.05) is 6.54 Å². The third kappa shape index (κ3) is 2.32. The molecule has 1 aromatic heterocycles. The lowest BCUT2D eigenvalue weighted by molar-refractivity contribution is 0.273. The first-order valence-corrected chi connectivity index (χ1v) is 5.40. The number of nitrogens with zero attached hydrogens (tertiary/aromatic N) is 2. The fourth-order valence-corrected chi connectivity index (χ4v) is 1.68. The van der Waals surface area contributed by atoms with Crippen LogP contribution in [0, 0.1) is 5.92 Å². The van der Waals surface area contributed by atoms with Crippen molar-refractivity contribution >= 4 is 0 Å². The molecule has 4 nitrogen and oxygen atoms in total. The smallest absolute Gasteiger partial charge is 0.226 e. The number of nitrogens with two attached hydrogens (primary N) is 1. The molecule has 0 radical (unpaired) electrons. The van der Waals surface area contributed by atoms with Crippen molar-refractivity contribution in [1.29, 1.82) is 0 Å². The summed E-state index contributed by atoms with van der Waals surface area (Å²) in [5.74, 6) is 2.41. The number of aryl methyl sites for hydroxylation is 1. The fraction of sp³-hybridized carbons (Fsp3) is 0.800. The van der Waals surface area contributed by atoms with Gasteiger partial charge in [0.1, 0.15) is 0 Å². The van der Waals surface area contributed by atoms with E-state index in [4.69, 9.17) is 10.3 Å². The summed E-state index contributed by atoms with van der Waals surface area (Å²) in [5.41, 5.74) is 5.41. The maximum atomic E-state index is 5.41. The Balaban J connectivity index is 1.82. The van der Waals surface area contributed by atoms with Crippen LogP contribution in [0.3, 0.4) is 0 Å². The summed E-state index contributed by atoms with van der Waals surface area (Å²) in [7, 11) is 0. The van der Waals surface area contributed by atoms with Crippen molar-refractivity contribution in [3.8, 4) is 0 Å². The highest BCUT2D eigenvalue weighted by Gasteiger charge is 2.20. The second-order valence-electron chi connectivity index (χ2n) is 4.00. The summed E-state index contributed by atoms with van der Waals surface area (Å²) in [6, 6.07) is 0. The van der Waals surface area contributed by atoms with Gasteiger partial charge >= 0.3 is 0 Å². The highest BCUT2D eigenvalue weighted by atomic mass is 16.5. The summed E-state index contributed by atoms with van der Waals surface area (Å²) >= 11 is 0. The number of rotatable bonds is 5. The molecular formula is C10H17N3O. The Morgan fingerprint density at radius 1 is 1.43 bits per heavy atom. The van der Waals surface area contributed by atoms with Crippen LogP contribution in [0.25, 0.3) is 0 Å². The molecule has 0 unspecified atom stereocenters. The second kappa shape index (κ2) is 4.55. The van der Waals surface area contributed by atoms with Gasteiger partial charge < -0.3 is 10.3 Å². The molecular weight excluding hydrogens is 178 g/mol. The molecule has 1 aliphatic carbocycles. The van der Waals surface area contributed by atoms with Crippen LogP contribution in [0.15, 0.2) is 4.52 Å². The lowest BCUT2D eigenvalue weighted by Crippen LogP contribution is -2.13. The molecule has 1 saturated carbocycles. The minimum Gasteiger partial charge on any atom is -0.339 e. The molecule has 1 heterocycles. The van der Waals surface area contributed by atoms with Gasteiger partial charge in [-0.15, -0.1) is 0 Å². The summed E-state index contributed by atoms with van der Waals surface area (Å²) in [6.45, 7) is 0.687. The highest BCUT2D eigenvalue weighted by Crippen LogP contribution is 2.29. The molecule has 0 saturated heterocycles. The quantitative estimate of drug-likeness (QED) is 0.769. The van der Waals surface area contributed by atoms with E-state index >= 15 is 0 Å². The largest absolute Gasteiger partial charge is 0.339 e. The Morgan fingerprint density at radius 2 is 2.29 bits per heavy atom. The summed E-state index contributed by atoms with van der Waals surface area (Å²) in [6.07, 6.45) is 6.74. The lowest BCUT2D eigenvalue weighted by atomic mass is 9.83. The predicted octanol–water partition coefficient (Wildman–Crippen LogP) is 1.30. The summed E-state index contributed by atoms with van der Waals surface area (Å²) < 4.78 is 5.17. The average Bonchev–Trinajstić information content (AvgIpc) is 2.56. The molecule has 0 spiro atoms. The first kappa shape index (κ1) is 9.65. The third-order valence-electron chi connectivity index (χ3n) is 2.80. The van der Waals surface area contributed by atoms with Crippen LogP contribution in [0.2, 0.25) is 0 Å². The number of hydrogen-bond acceptors (Lipinski definition) is 4. The van der Waals surface area contributed by atoms with Crippen LogP contribution >= 0.6 is 0 Å². The van der Waals surface area contributed by atoms with Gasteiger partial charge in [0.25, 0.3) is 0 Å². The van der Waals surface area contributed by atoms with E-state index < -0.39 is 0 Å². The molecule has 2 N–H and O–H groups in total. The Bertz CT molecular complexity index is 281. The number of aromatic nitrogens is 2. The molecule has 1 fully saturated rings. The Morgan fingerprint density at radius 3 is 2.93 bits per heavy atom. The minimum atomic E-state index is 0.687. The zero-order chi connectivity index (χ0) is 9.80. The van der Waals surface area contributed by atoms with Crippen molar-refractivity contribution in [1.82, 2.24) is 10.1 Å². The monoisotopic (exact) mass is 195 g/mol. The van der Waals surface area contributed by atoms with Gasteiger partial charge in [-0.1, -0.05) is 11.6 Å². The van der Waals surface area contributed by atoms with Crippen LogP contribution in [0.5, 0.6) is 0 Å². The molecule has 1 aliphatic rings. The Labute approximate surface area is 83.9 Å². The summed E-state index contributed by atoms with van der Waals surface area (Å²) in [5, 5.41) is 3.92. The molecule has 14 heavy (non-hydrogen) atoms. The molecule has 2 rings (SSSR count). The van der Waals surface area contributed by atoms with Crippen LogP contribution < -0.4 is 5.73 Å². The van der Waals surface area contributed by atoms with E-state index in [2.05, 4.69) is 10.1 Å². The van der Waals surface area contributed by atoms with Gasteiger partial charge in [0, 0.05) is 12.8 Å². The van der Waals surface area contributed by atoms with Crippen molar-refractivity contribution < 1.29 is 4.52 Å². The van der Waals surface area contributed by atoms with Crippen molar-refractivity contribution in [3.63, 3.8) is 0 Å². The van der Waals surface area contributed by atoms with E-state index in [9.17, 15) is 0 Å². The Kier molecular flexibility index (Phi) is 3.14. The molecule has 0 aromatic carbocycles. The SMILES string of the molecule is NCCCc1noc(CC2CCC2)n1. The van der Waals surface area contributed by atoms with E-state index in [0.29, 0.717) is 6.54 Å². The first-order chi connectivity index (χ1) is 6.88. The van der Waals surface area contributed by atoms with Gasteiger partial charge in [0.05, 0.1) is 0 Å². The van der Waals surface area contributed by atoms with Crippen molar-refractivity contribution in [2.45, 2.75) is 38.5 Å². The van der Waals surface area contributed by atoms with Crippen LogP contribution in [-0.4, -0.2) is 16.7 Å². The zero-order valence-electron chi connectivity index (χ0n) is 8.41.